The van der Waals surface area contributed by atoms with Crippen LogP contribution in [0.2, 0.25) is 0 Å². The van der Waals surface area contributed by atoms with Crippen LogP contribution in [0, 0.1) is 11.3 Å². The van der Waals surface area contributed by atoms with E-state index in [4.69, 9.17) is 15.2 Å². The maximum Gasteiger partial charge on any atom is 0.348 e. The zero-order valence-electron chi connectivity index (χ0n) is 14.8. The van der Waals surface area contributed by atoms with Gasteiger partial charge in [0.25, 0.3) is 5.91 Å². The van der Waals surface area contributed by atoms with Crippen molar-refractivity contribution in [3.8, 4) is 6.07 Å². The maximum absolute atomic E-state index is 12.0. The molecular formula is C18H16BrN3O5S. The third-order valence-corrected chi connectivity index (χ3v) is 5.00. The van der Waals surface area contributed by atoms with Gasteiger partial charge in [0, 0.05) is 15.6 Å². The number of halogens is 1. The summed E-state index contributed by atoms with van der Waals surface area (Å²) in [4.78, 5) is 36.1. The van der Waals surface area contributed by atoms with Crippen LogP contribution in [0.5, 0.6) is 0 Å². The predicted octanol–water partition coefficient (Wildman–Crippen LogP) is 2.61. The summed E-state index contributed by atoms with van der Waals surface area (Å²) in [5.74, 6) is -1.82. The van der Waals surface area contributed by atoms with Crippen molar-refractivity contribution in [2.24, 2.45) is 0 Å². The molecule has 2 aromatic rings. The molecule has 1 aromatic heterocycles. The van der Waals surface area contributed by atoms with Crippen molar-refractivity contribution in [2.75, 3.05) is 18.9 Å². The predicted molar refractivity (Wildman–Crippen MR) is 106 cm³/mol. The monoisotopic (exact) mass is 465 g/mol. The van der Waals surface area contributed by atoms with Gasteiger partial charge in [0.05, 0.1) is 12.2 Å². The molecule has 28 heavy (non-hydrogen) atoms. The molecule has 0 saturated carbocycles. The molecule has 2 rings (SSSR count). The van der Waals surface area contributed by atoms with Gasteiger partial charge in [0.2, 0.25) is 0 Å². The number of nitrogens with one attached hydrogen (secondary N) is 1. The summed E-state index contributed by atoms with van der Waals surface area (Å²) in [5.41, 5.74) is 6.39. The number of esters is 2. The zero-order chi connectivity index (χ0) is 20.7. The van der Waals surface area contributed by atoms with E-state index in [1.54, 1.807) is 31.2 Å². The van der Waals surface area contributed by atoms with Crippen molar-refractivity contribution >= 4 is 50.1 Å². The van der Waals surface area contributed by atoms with E-state index in [1.807, 2.05) is 6.07 Å². The Kier molecular flexibility index (Phi) is 7.54. The van der Waals surface area contributed by atoms with Gasteiger partial charge in [-0.2, -0.15) is 5.26 Å². The first-order valence-corrected chi connectivity index (χ1v) is 9.66. The molecule has 0 bridgehead atoms. The minimum Gasteiger partial charge on any atom is -0.462 e. The standard InChI is InChI=1S/C18H16BrN3O5S/c1-2-26-18(25)15-13(12(7-20)16(21)28-15)9-27-14(23)8-22-17(24)10-4-3-5-11(19)6-10/h3-6H,2,8-9,21H2,1H3,(H,22,24). The first-order chi connectivity index (χ1) is 13.4. The lowest BCUT2D eigenvalue weighted by Gasteiger charge is -2.08. The topological polar surface area (TPSA) is 132 Å². The second-order valence-electron chi connectivity index (χ2n) is 5.33. The smallest absolute Gasteiger partial charge is 0.348 e. The highest BCUT2D eigenvalue weighted by Crippen LogP contribution is 2.31. The Morgan fingerprint density at radius 1 is 1.32 bits per heavy atom. The molecule has 0 aliphatic rings. The average Bonchev–Trinajstić information content (AvgIpc) is 3.00. The molecule has 0 unspecified atom stereocenters. The number of hydrogen-bond acceptors (Lipinski definition) is 8. The molecule has 0 atom stereocenters. The number of benzene rings is 1. The number of nitrogens with zero attached hydrogens (tertiary/aromatic N) is 1. The van der Waals surface area contributed by atoms with E-state index in [1.165, 1.54) is 0 Å². The van der Waals surface area contributed by atoms with Crippen molar-refractivity contribution in [3.63, 3.8) is 0 Å². The Labute approximate surface area is 173 Å². The molecule has 0 aliphatic heterocycles. The minimum absolute atomic E-state index is 0.0685. The second-order valence-corrected chi connectivity index (χ2v) is 7.30. The lowest BCUT2D eigenvalue weighted by atomic mass is 10.1. The van der Waals surface area contributed by atoms with Gasteiger partial charge >= 0.3 is 11.9 Å². The molecule has 0 aliphatic carbocycles. The number of nitrogen functional groups attached to an aromatic ring is 1. The fourth-order valence-electron chi connectivity index (χ4n) is 2.19. The normalized spacial score (nSPS) is 10.0. The third kappa shape index (κ3) is 5.31. The van der Waals surface area contributed by atoms with Crippen LogP contribution < -0.4 is 11.1 Å². The van der Waals surface area contributed by atoms with Crippen LogP contribution >= 0.6 is 27.3 Å². The van der Waals surface area contributed by atoms with E-state index in [-0.39, 0.29) is 40.8 Å². The number of carbonyl (C=O) groups is 3. The molecule has 3 N–H and O–H groups in total. The van der Waals surface area contributed by atoms with E-state index in [0.29, 0.717) is 5.56 Å². The van der Waals surface area contributed by atoms with Crippen LogP contribution in [0.25, 0.3) is 0 Å². The average molecular weight is 466 g/mol. The number of nitriles is 1. The molecule has 1 heterocycles. The molecule has 0 radical (unpaired) electrons. The summed E-state index contributed by atoms with van der Waals surface area (Å²) in [6.07, 6.45) is 0. The van der Waals surface area contributed by atoms with Crippen LogP contribution in [0.1, 0.15) is 38.1 Å². The van der Waals surface area contributed by atoms with Gasteiger partial charge in [-0.25, -0.2) is 4.79 Å². The quantitative estimate of drug-likeness (QED) is 0.600. The SMILES string of the molecule is CCOC(=O)c1sc(N)c(C#N)c1COC(=O)CNC(=O)c1cccc(Br)c1. The van der Waals surface area contributed by atoms with Gasteiger partial charge in [-0.15, -0.1) is 11.3 Å². The minimum atomic E-state index is -0.730. The first kappa shape index (κ1) is 21.4. The molecule has 10 heteroatoms. The van der Waals surface area contributed by atoms with Gasteiger partial charge in [-0.1, -0.05) is 22.0 Å². The van der Waals surface area contributed by atoms with Gasteiger partial charge in [-0.3, -0.25) is 9.59 Å². The van der Waals surface area contributed by atoms with Gasteiger partial charge in [0.15, 0.2) is 0 Å². The van der Waals surface area contributed by atoms with Crippen molar-refractivity contribution < 1.29 is 23.9 Å². The van der Waals surface area contributed by atoms with Gasteiger partial charge in [-0.05, 0) is 25.1 Å². The number of amides is 1. The van der Waals surface area contributed by atoms with Crippen molar-refractivity contribution in [1.29, 1.82) is 5.26 Å². The second kappa shape index (κ2) is 9.87. The highest BCUT2D eigenvalue weighted by atomic mass is 79.9. The van der Waals surface area contributed by atoms with E-state index in [2.05, 4.69) is 21.2 Å². The fraction of sp³-hybridized carbons (Fsp3) is 0.222. The summed E-state index contributed by atoms with van der Waals surface area (Å²) in [5, 5.41) is 11.8. The lowest BCUT2D eigenvalue weighted by Crippen LogP contribution is -2.30. The van der Waals surface area contributed by atoms with Crippen molar-refractivity contribution in [1.82, 2.24) is 5.32 Å². The van der Waals surface area contributed by atoms with E-state index in [0.717, 1.165) is 15.8 Å². The maximum atomic E-state index is 12.0. The summed E-state index contributed by atoms with van der Waals surface area (Å²) in [7, 11) is 0. The highest BCUT2D eigenvalue weighted by molar-refractivity contribution is 9.10. The Hall–Kier alpha value is -2.90. The van der Waals surface area contributed by atoms with Crippen LogP contribution in [-0.4, -0.2) is 31.0 Å². The fourth-order valence-corrected chi connectivity index (χ4v) is 3.51. The van der Waals surface area contributed by atoms with Crippen LogP contribution in [0.4, 0.5) is 5.00 Å². The number of ether oxygens (including phenoxy) is 2. The number of thiophene rings is 1. The van der Waals surface area contributed by atoms with Crippen LogP contribution in [-0.2, 0) is 20.9 Å². The van der Waals surface area contributed by atoms with E-state index >= 15 is 0 Å². The Bertz CT molecular complexity index is 951. The van der Waals surface area contributed by atoms with Gasteiger partial charge in [0.1, 0.15) is 29.1 Å². The van der Waals surface area contributed by atoms with Crippen molar-refractivity contribution in [2.45, 2.75) is 13.5 Å². The third-order valence-electron chi connectivity index (χ3n) is 3.46. The molecule has 8 nitrogen and oxygen atoms in total. The lowest BCUT2D eigenvalue weighted by molar-refractivity contribution is -0.143. The van der Waals surface area contributed by atoms with Crippen LogP contribution in [0.3, 0.4) is 0 Å². The van der Waals surface area contributed by atoms with Crippen LogP contribution in [0.15, 0.2) is 28.7 Å². The Morgan fingerprint density at radius 3 is 2.71 bits per heavy atom. The number of carbonyl (C=O) groups excluding carboxylic acids is 3. The summed E-state index contributed by atoms with van der Waals surface area (Å²) in [6, 6.07) is 8.57. The van der Waals surface area contributed by atoms with E-state index in [9.17, 15) is 19.6 Å². The molecule has 1 amide bonds. The molecule has 146 valence electrons. The van der Waals surface area contributed by atoms with Gasteiger partial charge < -0.3 is 20.5 Å². The first-order valence-electron chi connectivity index (χ1n) is 8.05. The number of anilines is 1. The largest absolute Gasteiger partial charge is 0.462 e. The highest BCUT2D eigenvalue weighted by Gasteiger charge is 2.24. The summed E-state index contributed by atoms with van der Waals surface area (Å²) < 4.78 is 10.8. The Balaban J connectivity index is 2.00. The number of nitrogens with two attached hydrogens (primary N) is 1. The number of hydrogen-bond donors (Lipinski definition) is 2. The summed E-state index contributed by atoms with van der Waals surface area (Å²) >= 11 is 4.16. The molecule has 1 aromatic carbocycles. The zero-order valence-corrected chi connectivity index (χ0v) is 17.2. The number of rotatable bonds is 7. The molecular weight excluding hydrogens is 450 g/mol. The molecule has 0 saturated heterocycles. The Morgan fingerprint density at radius 2 is 2.07 bits per heavy atom. The molecule has 0 fully saturated rings. The summed E-state index contributed by atoms with van der Waals surface area (Å²) in [6.45, 7) is 1.09. The molecule has 0 spiro atoms. The van der Waals surface area contributed by atoms with Crippen molar-refractivity contribution in [3.05, 3.63) is 50.3 Å². The van der Waals surface area contributed by atoms with E-state index < -0.39 is 17.8 Å².